The van der Waals surface area contributed by atoms with Gasteiger partial charge in [-0.25, -0.2) is 0 Å². The van der Waals surface area contributed by atoms with Gasteiger partial charge in [0.1, 0.15) is 5.75 Å². The third-order valence-corrected chi connectivity index (χ3v) is 3.25. The van der Waals surface area contributed by atoms with E-state index in [1.165, 1.54) is 0 Å². The van der Waals surface area contributed by atoms with E-state index in [4.69, 9.17) is 11.6 Å². The standard InChI is InChI=1S/C15H11ClN2O2/c16-9-1-6-14-12(7-9)13(15(20)18-14)8-17-10-2-4-11(19)5-3-10/h1-8,17,19H,(H,18,20)/b13-8+. The minimum absolute atomic E-state index is 0.173. The van der Waals surface area contributed by atoms with Gasteiger partial charge in [-0.1, -0.05) is 11.6 Å². The smallest absolute Gasteiger partial charge is 0.257 e. The van der Waals surface area contributed by atoms with Gasteiger partial charge in [0.15, 0.2) is 0 Å². The van der Waals surface area contributed by atoms with E-state index in [-0.39, 0.29) is 11.7 Å². The molecule has 0 fully saturated rings. The molecule has 2 aromatic carbocycles. The Morgan fingerprint density at radius 3 is 2.65 bits per heavy atom. The summed E-state index contributed by atoms with van der Waals surface area (Å²) >= 11 is 5.96. The predicted molar refractivity (Wildman–Crippen MR) is 79.8 cm³/mol. The first kappa shape index (κ1) is 12.6. The number of carbonyl (C=O) groups is 1. The largest absolute Gasteiger partial charge is 0.508 e. The lowest BCUT2D eigenvalue weighted by Crippen LogP contribution is -2.05. The highest BCUT2D eigenvalue weighted by atomic mass is 35.5. The zero-order valence-electron chi connectivity index (χ0n) is 10.4. The van der Waals surface area contributed by atoms with Crippen LogP contribution in [-0.2, 0) is 4.79 Å². The van der Waals surface area contributed by atoms with Gasteiger partial charge in [0.25, 0.3) is 5.91 Å². The van der Waals surface area contributed by atoms with Crippen LogP contribution in [0.25, 0.3) is 5.57 Å². The molecule has 3 N–H and O–H groups in total. The number of hydrogen-bond acceptors (Lipinski definition) is 3. The third kappa shape index (κ3) is 2.33. The van der Waals surface area contributed by atoms with Crippen molar-refractivity contribution in [2.24, 2.45) is 0 Å². The van der Waals surface area contributed by atoms with E-state index < -0.39 is 0 Å². The van der Waals surface area contributed by atoms with Gasteiger partial charge in [-0.15, -0.1) is 0 Å². The van der Waals surface area contributed by atoms with Crippen molar-refractivity contribution in [3.8, 4) is 5.75 Å². The van der Waals surface area contributed by atoms with Crippen LogP contribution in [0.5, 0.6) is 5.75 Å². The normalized spacial score (nSPS) is 15.1. The number of fused-ring (bicyclic) bond motifs is 1. The van der Waals surface area contributed by atoms with Gasteiger partial charge in [-0.2, -0.15) is 0 Å². The molecule has 1 aliphatic rings. The highest BCUT2D eigenvalue weighted by Crippen LogP contribution is 2.33. The minimum atomic E-state index is -0.173. The molecule has 0 aliphatic carbocycles. The first-order chi connectivity index (χ1) is 9.63. The fourth-order valence-electron chi connectivity index (χ4n) is 2.02. The van der Waals surface area contributed by atoms with Crippen molar-refractivity contribution < 1.29 is 9.90 Å². The van der Waals surface area contributed by atoms with E-state index in [1.54, 1.807) is 48.7 Å². The molecule has 0 bridgehead atoms. The molecule has 0 atom stereocenters. The number of halogens is 1. The Labute approximate surface area is 120 Å². The van der Waals surface area contributed by atoms with Gasteiger partial charge >= 0.3 is 0 Å². The SMILES string of the molecule is O=C1Nc2ccc(Cl)cc2/C1=C\Nc1ccc(O)cc1. The highest BCUT2D eigenvalue weighted by Gasteiger charge is 2.24. The number of nitrogens with one attached hydrogen (secondary N) is 2. The van der Waals surface area contributed by atoms with Crippen molar-refractivity contribution >= 4 is 34.5 Å². The fourth-order valence-corrected chi connectivity index (χ4v) is 2.19. The molecular formula is C15H11ClN2O2. The zero-order chi connectivity index (χ0) is 14.1. The maximum absolute atomic E-state index is 11.9. The molecule has 1 heterocycles. The molecule has 0 unspecified atom stereocenters. The number of phenolic OH excluding ortho intramolecular Hbond substituents is 1. The maximum atomic E-state index is 11.9. The van der Waals surface area contributed by atoms with Crippen molar-refractivity contribution in [2.45, 2.75) is 0 Å². The van der Waals surface area contributed by atoms with E-state index in [2.05, 4.69) is 10.6 Å². The van der Waals surface area contributed by atoms with Gasteiger partial charge in [-0.3, -0.25) is 4.79 Å². The van der Waals surface area contributed by atoms with Crippen LogP contribution < -0.4 is 10.6 Å². The van der Waals surface area contributed by atoms with E-state index >= 15 is 0 Å². The van der Waals surface area contributed by atoms with Crippen LogP contribution in [-0.4, -0.2) is 11.0 Å². The molecule has 1 amide bonds. The molecule has 100 valence electrons. The first-order valence-corrected chi connectivity index (χ1v) is 6.38. The van der Waals surface area contributed by atoms with E-state index in [0.29, 0.717) is 10.6 Å². The number of rotatable bonds is 2. The summed E-state index contributed by atoms with van der Waals surface area (Å²) in [6.45, 7) is 0. The molecule has 3 rings (SSSR count). The van der Waals surface area contributed by atoms with Gasteiger partial charge in [0, 0.05) is 28.2 Å². The molecule has 20 heavy (non-hydrogen) atoms. The second-order valence-corrected chi connectivity index (χ2v) is 4.83. The Morgan fingerprint density at radius 2 is 1.90 bits per heavy atom. The molecule has 1 aliphatic heterocycles. The number of benzene rings is 2. The Hall–Kier alpha value is -2.46. The Balaban J connectivity index is 1.90. The van der Waals surface area contributed by atoms with Crippen LogP contribution in [0.4, 0.5) is 11.4 Å². The summed E-state index contributed by atoms with van der Waals surface area (Å²) in [6, 6.07) is 11.8. The average molecular weight is 287 g/mol. The Bertz CT molecular complexity index is 708. The number of hydrogen-bond donors (Lipinski definition) is 3. The molecule has 4 nitrogen and oxygen atoms in total. The molecule has 0 radical (unpaired) electrons. The van der Waals surface area contributed by atoms with Crippen molar-refractivity contribution in [3.05, 3.63) is 59.3 Å². The summed E-state index contributed by atoms with van der Waals surface area (Å²) in [4.78, 5) is 11.9. The first-order valence-electron chi connectivity index (χ1n) is 6.00. The summed E-state index contributed by atoms with van der Waals surface area (Å²) < 4.78 is 0. The highest BCUT2D eigenvalue weighted by molar-refractivity contribution is 6.34. The molecule has 5 heteroatoms. The van der Waals surface area contributed by atoms with Gasteiger partial charge in [0.2, 0.25) is 0 Å². The van der Waals surface area contributed by atoms with Crippen molar-refractivity contribution in [1.82, 2.24) is 0 Å². The predicted octanol–water partition coefficient (Wildman–Crippen LogP) is 3.45. The lowest BCUT2D eigenvalue weighted by molar-refractivity contribution is -0.110. The fraction of sp³-hybridized carbons (Fsp3) is 0. The van der Waals surface area contributed by atoms with Crippen molar-refractivity contribution in [1.29, 1.82) is 0 Å². The summed E-state index contributed by atoms with van der Waals surface area (Å²) in [5, 5.41) is 15.6. The van der Waals surface area contributed by atoms with E-state index in [9.17, 15) is 9.90 Å². The van der Waals surface area contributed by atoms with Crippen LogP contribution in [0.3, 0.4) is 0 Å². The number of aromatic hydroxyl groups is 1. The average Bonchev–Trinajstić information content (AvgIpc) is 2.73. The Morgan fingerprint density at radius 1 is 1.15 bits per heavy atom. The molecule has 0 saturated carbocycles. The van der Waals surface area contributed by atoms with Crippen LogP contribution in [0, 0.1) is 0 Å². The lowest BCUT2D eigenvalue weighted by Gasteiger charge is -2.03. The monoisotopic (exact) mass is 286 g/mol. The lowest BCUT2D eigenvalue weighted by atomic mass is 10.1. The summed E-state index contributed by atoms with van der Waals surface area (Å²) in [5.41, 5.74) is 2.82. The van der Waals surface area contributed by atoms with Crippen molar-refractivity contribution in [3.63, 3.8) is 0 Å². The quantitative estimate of drug-likeness (QED) is 0.585. The van der Waals surface area contributed by atoms with Gasteiger partial charge < -0.3 is 15.7 Å². The van der Waals surface area contributed by atoms with Crippen LogP contribution in [0.1, 0.15) is 5.56 Å². The topological polar surface area (TPSA) is 61.4 Å². The van der Waals surface area contributed by atoms with Gasteiger partial charge in [0.05, 0.1) is 5.57 Å². The summed E-state index contributed by atoms with van der Waals surface area (Å²) in [5.74, 6) is 0.0208. The number of phenols is 1. The second kappa shape index (κ2) is 4.90. The summed E-state index contributed by atoms with van der Waals surface area (Å²) in [6.07, 6.45) is 1.63. The molecule has 2 aromatic rings. The number of carbonyl (C=O) groups excluding carboxylic acids is 1. The van der Waals surface area contributed by atoms with E-state index in [0.717, 1.165) is 16.9 Å². The van der Waals surface area contributed by atoms with Gasteiger partial charge in [-0.05, 0) is 42.5 Å². The maximum Gasteiger partial charge on any atom is 0.257 e. The van der Waals surface area contributed by atoms with Crippen molar-refractivity contribution in [2.75, 3.05) is 10.6 Å². The second-order valence-electron chi connectivity index (χ2n) is 4.39. The number of amides is 1. The third-order valence-electron chi connectivity index (χ3n) is 3.02. The molecule has 0 spiro atoms. The molecule has 0 aromatic heterocycles. The Kier molecular flexibility index (Phi) is 3.08. The summed E-state index contributed by atoms with van der Waals surface area (Å²) in [7, 11) is 0. The molecular weight excluding hydrogens is 276 g/mol. The minimum Gasteiger partial charge on any atom is -0.508 e. The van der Waals surface area contributed by atoms with Crippen LogP contribution in [0.2, 0.25) is 5.02 Å². The molecule has 0 saturated heterocycles. The van der Waals surface area contributed by atoms with Crippen LogP contribution >= 0.6 is 11.6 Å². The van der Waals surface area contributed by atoms with E-state index in [1.807, 2.05) is 0 Å². The zero-order valence-corrected chi connectivity index (χ0v) is 11.1. The van der Waals surface area contributed by atoms with Crippen LogP contribution in [0.15, 0.2) is 48.7 Å². The number of anilines is 2.